The quantitative estimate of drug-likeness (QED) is 0.126. The van der Waals surface area contributed by atoms with Crippen molar-refractivity contribution >= 4 is 5.97 Å². The Bertz CT molecular complexity index is 261. The van der Waals surface area contributed by atoms with Crippen LogP contribution in [0.2, 0.25) is 0 Å². The van der Waals surface area contributed by atoms with Gasteiger partial charge in [0.05, 0.1) is 0 Å². The second-order valence-corrected chi connectivity index (χ2v) is 7.49. The molecule has 165 valence electrons. The van der Waals surface area contributed by atoms with E-state index in [0.29, 0.717) is 0 Å². The van der Waals surface area contributed by atoms with Gasteiger partial charge in [-0.3, -0.25) is 0 Å². The third-order valence-electron chi connectivity index (χ3n) is 4.98. The van der Waals surface area contributed by atoms with Crippen LogP contribution in [0.15, 0.2) is 0 Å². The molecule has 0 aliphatic rings. The van der Waals surface area contributed by atoms with Gasteiger partial charge in [-0.1, -0.05) is 122 Å². The molecule has 0 aromatic heterocycles. The molecule has 0 N–H and O–H groups in total. The fourth-order valence-corrected chi connectivity index (χ4v) is 3.35. The van der Waals surface area contributed by atoms with Gasteiger partial charge in [0, 0.05) is 28.3 Å². The predicted octanol–water partition coefficient (Wildman–Crippen LogP) is 6.55. The van der Waals surface area contributed by atoms with Gasteiger partial charge in [-0.2, -0.15) is 0 Å². The maximum absolute atomic E-state index is 10.3. The average molecular weight is 555 g/mol. The molecule has 0 amide bonds. The molecule has 0 saturated carbocycles. The molecule has 4 heteroatoms. The molecule has 0 heterocycles. The van der Waals surface area contributed by atoms with Crippen LogP contribution in [0.25, 0.3) is 0 Å². The SMILES string of the molecule is CCCCCCCCCCCCCCCCCCCCCC(=O)[O-].[Ag+].[Ag]. The molecule has 1 radical (unpaired) electrons. The average Bonchev–Trinajstić information content (AvgIpc) is 2.56. The summed E-state index contributed by atoms with van der Waals surface area (Å²) in [6.45, 7) is 2.28. The zero-order valence-corrected chi connectivity index (χ0v) is 20.0. The fourth-order valence-electron chi connectivity index (χ4n) is 3.35. The van der Waals surface area contributed by atoms with E-state index in [1.54, 1.807) is 0 Å². The molecule has 26 heavy (non-hydrogen) atoms. The van der Waals surface area contributed by atoms with Gasteiger partial charge in [-0.25, -0.2) is 0 Å². The summed E-state index contributed by atoms with van der Waals surface area (Å²) in [5.74, 6) is -0.901. The Morgan fingerprint density at radius 1 is 0.538 bits per heavy atom. The van der Waals surface area contributed by atoms with E-state index in [1.165, 1.54) is 109 Å². The number of hydrogen-bond donors (Lipinski definition) is 0. The van der Waals surface area contributed by atoms with E-state index < -0.39 is 5.97 Å². The summed E-state index contributed by atoms with van der Waals surface area (Å²) in [6.07, 6.45) is 25.7. The second-order valence-electron chi connectivity index (χ2n) is 7.49. The minimum atomic E-state index is -0.901. The van der Waals surface area contributed by atoms with E-state index in [-0.39, 0.29) is 51.2 Å². The van der Waals surface area contributed by atoms with Crippen LogP contribution in [-0.4, -0.2) is 5.97 Å². The van der Waals surface area contributed by atoms with Gasteiger partial charge in [0.1, 0.15) is 0 Å². The van der Waals surface area contributed by atoms with Crippen molar-refractivity contribution in [2.45, 2.75) is 135 Å². The molecule has 0 aliphatic heterocycles. The van der Waals surface area contributed by atoms with Crippen molar-refractivity contribution in [1.82, 2.24) is 0 Å². The monoisotopic (exact) mass is 553 g/mol. The summed E-state index contributed by atoms with van der Waals surface area (Å²) in [6, 6.07) is 0. The first kappa shape index (κ1) is 31.6. The van der Waals surface area contributed by atoms with Gasteiger partial charge >= 0.3 is 22.4 Å². The van der Waals surface area contributed by atoms with Crippen LogP contribution in [0, 0.1) is 0 Å². The van der Waals surface area contributed by atoms with Gasteiger partial charge in [-0.05, 0) is 12.8 Å². The van der Waals surface area contributed by atoms with Gasteiger partial charge in [0.25, 0.3) is 0 Å². The van der Waals surface area contributed by atoms with Crippen molar-refractivity contribution in [2.75, 3.05) is 0 Å². The summed E-state index contributed by atoms with van der Waals surface area (Å²) in [5, 5.41) is 10.3. The number of carbonyl (C=O) groups is 1. The molecule has 0 rings (SSSR count). The molecule has 0 aromatic rings. The third kappa shape index (κ3) is 29.7. The Labute approximate surface area is 195 Å². The topological polar surface area (TPSA) is 40.1 Å². The Kier molecular flexibility index (Phi) is 34.3. The van der Waals surface area contributed by atoms with Gasteiger partial charge in [0.2, 0.25) is 0 Å². The van der Waals surface area contributed by atoms with Gasteiger partial charge in [-0.15, -0.1) is 0 Å². The molecule has 0 bridgehead atoms. The minimum absolute atomic E-state index is 0. The molecule has 0 aliphatic carbocycles. The molecule has 0 saturated heterocycles. The summed E-state index contributed by atoms with van der Waals surface area (Å²) in [5.41, 5.74) is 0. The standard InChI is InChI=1S/C22H44O2.2Ag/c1-2-3-4-5-6-7-8-9-10-11-12-13-14-15-16-17-18-19-20-21-22(23)24;;/h2-21H2,1H3,(H,23,24);;/q;;+1/p-1. The molecular formula is C22H43Ag2O2. The Morgan fingerprint density at radius 2 is 0.769 bits per heavy atom. The van der Waals surface area contributed by atoms with Crippen molar-refractivity contribution in [3.8, 4) is 0 Å². The van der Waals surface area contributed by atoms with E-state index in [4.69, 9.17) is 0 Å². The maximum Gasteiger partial charge on any atom is 1.00 e. The first-order valence-electron chi connectivity index (χ1n) is 11.0. The van der Waals surface area contributed by atoms with E-state index in [9.17, 15) is 9.90 Å². The third-order valence-corrected chi connectivity index (χ3v) is 4.98. The predicted molar refractivity (Wildman–Crippen MR) is 103 cm³/mol. The van der Waals surface area contributed by atoms with Crippen LogP contribution in [0.4, 0.5) is 0 Å². The maximum atomic E-state index is 10.3. The molecule has 2 nitrogen and oxygen atoms in total. The van der Waals surface area contributed by atoms with Crippen LogP contribution in [-0.2, 0) is 49.6 Å². The van der Waals surface area contributed by atoms with Crippen molar-refractivity contribution < 1.29 is 54.7 Å². The van der Waals surface area contributed by atoms with E-state index in [0.717, 1.165) is 12.8 Å². The fraction of sp³-hybridized carbons (Fsp3) is 0.955. The number of rotatable bonds is 20. The largest absolute Gasteiger partial charge is 1.00 e. The molecule has 0 unspecified atom stereocenters. The van der Waals surface area contributed by atoms with Crippen molar-refractivity contribution in [2.24, 2.45) is 0 Å². The first-order chi connectivity index (χ1) is 11.8. The van der Waals surface area contributed by atoms with Gasteiger partial charge < -0.3 is 9.90 Å². The van der Waals surface area contributed by atoms with E-state index >= 15 is 0 Å². The van der Waals surface area contributed by atoms with E-state index in [2.05, 4.69) is 6.92 Å². The number of aliphatic carboxylic acids is 1. The molecule has 0 atom stereocenters. The van der Waals surface area contributed by atoms with Crippen LogP contribution in [0.3, 0.4) is 0 Å². The van der Waals surface area contributed by atoms with Crippen LogP contribution in [0.1, 0.15) is 135 Å². The van der Waals surface area contributed by atoms with E-state index in [1.807, 2.05) is 0 Å². The molecule has 0 spiro atoms. The Balaban J connectivity index is -0.00000264. The van der Waals surface area contributed by atoms with Crippen LogP contribution >= 0.6 is 0 Å². The second kappa shape index (κ2) is 28.2. The molecule has 0 aromatic carbocycles. The first-order valence-corrected chi connectivity index (χ1v) is 11.0. The van der Waals surface area contributed by atoms with Crippen molar-refractivity contribution in [3.63, 3.8) is 0 Å². The van der Waals surface area contributed by atoms with Gasteiger partial charge in [0.15, 0.2) is 0 Å². The zero-order valence-electron chi connectivity index (χ0n) is 17.1. The zero-order chi connectivity index (χ0) is 17.7. The number of carboxylic acids is 1. The number of unbranched alkanes of at least 4 members (excludes halogenated alkanes) is 18. The summed E-state index contributed by atoms with van der Waals surface area (Å²) < 4.78 is 0. The molecule has 0 fully saturated rings. The summed E-state index contributed by atoms with van der Waals surface area (Å²) >= 11 is 0. The van der Waals surface area contributed by atoms with Crippen LogP contribution < -0.4 is 5.11 Å². The Hall–Kier alpha value is 0.951. The van der Waals surface area contributed by atoms with Crippen molar-refractivity contribution in [1.29, 1.82) is 0 Å². The normalized spacial score (nSPS) is 10.2. The number of hydrogen-bond acceptors (Lipinski definition) is 2. The van der Waals surface area contributed by atoms with Crippen molar-refractivity contribution in [3.05, 3.63) is 0 Å². The summed E-state index contributed by atoms with van der Waals surface area (Å²) in [7, 11) is 0. The molecular weight excluding hydrogens is 512 g/mol. The summed E-state index contributed by atoms with van der Waals surface area (Å²) in [4.78, 5) is 10.3. The minimum Gasteiger partial charge on any atom is -0.550 e. The number of carbonyl (C=O) groups excluding carboxylic acids is 1. The number of carboxylic acid groups (broad SMARTS) is 1. The van der Waals surface area contributed by atoms with Crippen LogP contribution in [0.5, 0.6) is 0 Å². The smallest absolute Gasteiger partial charge is 0.550 e. The Morgan fingerprint density at radius 3 is 1.00 bits per heavy atom.